The molecule has 0 radical (unpaired) electrons. The van der Waals surface area contributed by atoms with Crippen LogP contribution in [-0.4, -0.2) is 15.0 Å². The molecule has 0 bridgehead atoms. The number of hydrogen-bond donors (Lipinski definition) is 0. The van der Waals surface area contributed by atoms with Gasteiger partial charge < -0.3 is 4.42 Å². The van der Waals surface area contributed by atoms with Crippen molar-refractivity contribution in [2.24, 2.45) is 0 Å². The maximum absolute atomic E-state index is 6.54. The van der Waals surface area contributed by atoms with Gasteiger partial charge in [-0.05, 0) is 63.0 Å². The van der Waals surface area contributed by atoms with Crippen molar-refractivity contribution >= 4 is 43.5 Å². The molecule has 0 aliphatic heterocycles. The average Bonchev–Trinajstić information content (AvgIpc) is 3.48. The predicted molar refractivity (Wildman–Crippen MR) is 184 cm³/mol. The molecular formula is C41H25N3O. The molecule has 2 aromatic heterocycles. The molecular weight excluding hydrogens is 550 g/mol. The van der Waals surface area contributed by atoms with E-state index in [0.29, 0.717) is 17.5 Å². The summed E-state index contributed by atoms with van der Waals surface area (Å²) < 4.78 is 6.54. The van der Waals surface area contributed by atoms with Crippen LogP contribution < -0.4 is 0 Å². The highest BCUT2D eigenvalue weighted by Crippen LogP contribution is 2.37. The van der Waals surface area contributed by atoms with Gasteiger partial charge in [0.1, 0.15) is 11.2 Å². The van der Waals surface area contributed by atoms with E-state index in [4.69, 9.17) is 19.4 Å². The maximum Gasteiger partial charge on any atom is 0.167 e. The summed E-state index contributed by atoms with van der Waals surface area (Å²) in [4.78, 5) is 15.0. The van der Waals surface area contributed by atoms with Crippen molar-refractivity contribution in [3.63, 3.8) is 0 Å². The van der Waals surface area contributed by atoms with Gasteiger partial charge in [0.15, 0.2) is 17.5 Å². The summed E-state index contributed by atoms with van der Waals surface area (Å²) in [6.45, 7) is 0. The monoisotopic (exact) mass is 575 g/mol. The SMILES string of the molecule is c1ccc(-c2ccc3cc(-c4nc(-c5ccccc5)nc(-c5cccc6c5oc5cc7ccccc7cc56)n4)ccc3c2)cc1. The van der Waals surface area contributed by atoms with Crippen LogP contribution in [0.1, 0.15) is 0 Å². The first-order chi connectivity index (χ1) is 22.3. The van der Waals surface area contributed by atoms with E-state index in [-0.39, 0.29) is 0 Å². The Morgan fingerprint density at radius 1 is 0.356 bits per heavy atom. The first kappa shape index (κ1) is 25.4. The van der Waals surface area contributed by atoms with E-state index >= 15 is 0 Å². The second-order valence-electron chi connectivity index (χ2n) is 11.3. The molecule has 0 atom stereocenters. The predicted octanol–water partition coefficient (Wildman–Crippen LogP) is 10.7. The molecule has 0 fully saturated rings. The second-order valence-corrected chi connectivity index (χ2v) is 11.3. The van der Waals surface area contributed by atoms with Crippen LogP contribution in [0.5, 0.6) is 0 Å². The zero-order valence-electron chi connectivity index (χ0n) is 24.2. The lowest BCUT2D eigenvalue weighted by atomic mass is 10.00. The Kier molecular flexibility index (Phi) is 5.78. The van der Waals surface area contributed by atoms with Crippen LogP contribution in [0.3, 0.4) is 0 Å². The lowest BCUT2D eigenvalue weighted by Crippen LogP contribution is -2.00. The van der Waals surface area contributed by atoms with Crippen LogP contribution in [0.15, 0.2) is 156 Å². The van der Waals surface area contributed by atoms with Crippen molar-refractivity contribution in [3.8, 4) is 45.3 Å². The van der Waals surface area contributed by atoms with Gasteiger partial charge in [-0.25, -0.2) is 15.0 Å². The van der Waals surface area contributed by atoms with Crippen LogP contribution in [0.4, 0.5) is 0 Å². The van der Waals surface area contributed by atoms with Crippen molar-refractivity contribution in [2.75, 3.05) is 0 Å². The van der Waals surface area contributed by atoms with Gasteiger partial charge in [0.25, 0.3) is 0 Å². The summed E-state index contributed by atoms with van der Waals surface area (Å²) in [6, 6.07) is 52.3. The molecule has 0 aliphatic rings. The molecule has 0 N–H and O–H groups in total. The highest BCUT2D eigenvalue weighted by atomic mass is 16.3. The normalized spacial score (nSPS) is 11.6. The summed E-state index contributed by atoms with van der Waals surface area (Å²) in [7, 11) is 0. The molecule has 9 aromatic rings. The van der Waals surface area contributed by atoms with Gasteiger partial charge in [0, 0.05) is 21.9 Å². The Labute approximate surface area is 259 Å². The average molecular weight is 576 g/mol. The zero-order valence-corrected chi connectivity index (χ0v) is 24.2. The van der Waals surface area contributed by atoms with Gasteiger partial charge in [-0.3, -0.25) is 0 Å². The van der Waals surface area contributed by atoms with E-state index in [1.165, 1.54) is 16.5 Å². The molecule has 0 saturated carbocycles. The molecule has 210 valence electrons. The number of hydrogen-bond acceptors (Lipinski definition) is 4. The standard InChI is InChI=1S/C41H25N3O/c1-3-10-26(11-4-1)30-18-19-32-23-33(21-20-31(32)22-30)40-42-39(27-12-5-2-6-13-27)43-41(44-40)35-17-9-16-34-36-24-28-14-7-8-15-29(28)25-37(36)45-38(34)35/h1-25H. The minimum Gasteiger partial charge on any atom is -0.455 e. The second kappa shape index (κ2) is 10.2. The Hall–Kier alpha value is -6.13. The Morgan fingerprint density at radius 3 is 1.69 bits per heavy atom. The van der Waals surface area contributed by atoms with Gasteiger partial charge in [-0.2, -0.15) is 0 Å². The van der Waals surface area contributed by atoms with E-state index in [9.17, 15) is 0 Å². The van der Waals surface area contributed by atoms with Crippen LogP contribution in [0, 0.1) is 0 Å². The molecule has 7 aromatic carbocycles. The van der Waals surface area contributed by atoms with Crippen molar-refractivity contribution in [1.29, 1.82) is 0 Å². The summed E-state index contributed by atoms with van der Waals surface area (Å²) in [5.41, 5.74) is 6.70. The number of benzene rings is 7. The molecule has 45 heavy (non-hydrogen) atoms. The molecule has 0 unspecified atom stereocenters. The molecule has 0 spiro atoms. The third-order valence-corrected chi connectivity index (χ3v) is 8.48. The number of para-hydroxylation sites is 1. The number of nitrogens with zero attached hydrogens (tertiary/aromatic N) is 3. The van der Waals surface area contributed by atoms with Crippen molar-refractivity contribution < 1.29 is 4.42 Å². The summed E-state index contributed by atoms with van der Waals surface area (Å²) in [6.07, 6.45) is 0. The first-order valence-electron chi connectivity index (χ1n) is 15.0. The molecule has 0 saturated heterocycles. The highest BCUT2D eigenvalue weighted by Gasteiger charge is 2.18. The largest absolute Gasteiger partial charge is 0.455 e. The molecule has 0 aliphatic carbocycles. The molecule has 2 heterocycles. The van der Waals surface area contributed by atoms with Crippen LogP contribution >= 0.6 is 0 Å². The zero-order chi connectivity index (χ0) is 29.7. The van der Waals surface area contributed by atoms with Crippen molar-refractivity contribution in [3.05, 3.63) is 152 Å². The smallest absolute Gasteiger partial charge is 0.167 e. The van der Waals surface area contributed by atoms with Gasteiger partial charge in [0.05, 0.1) is 5.56 Å². The van der Waals surface area contributed by atoms with E-state index in [1.54, 1.807) is 0 Å². The van der Waals surface area contributed by atoms with Crippen LogP contribution in [-0.2, 0) is 0 Å². The summed E-state index contributed by atoms with van der Waals surface area (Å²) >= 11 is 0. The fourth-order valence-electron chi connectivity index (χ4n) is 6.20. The molecule has 4 heteroatoms. The number of furan rings is 1. The van der Waals surface area contributed by atoms with Crippen LogP contribution in [0.25, 0.3) is 88.8 Å². The van der Waals surface area contributed by atoms with Gasteiger partial charge in [-0.1, -0.05) is 121 Å². The Balaban J connectivity index is 1.22. The number of fused-ring (bicyclic) bond motifs is 5. The minimum atomic E-state index is 0.576. The van der Waals surface area contributed by atoms with Crippen molar-refractivity contribution in [1.82, 2.24) is 15.0 Å². The van der Waals surface area contributed by atoms with E-state index in [1.807, 2.05) is 48.5 Å². The summed E-state index contributed by atoms with van der Waals surface area (Å²) in [5.74, 6) is 1.81. The quantitative estimate of drug-likeness (QED) is 0.209. The molecule has 4 nitrogen and oxygen atoms in total. The van der Waals surface area contributed by atoms with Crippen LogP contribution in [0.2, 0.25) is 0 Å². The fraction of sp³-hybridized carbons (Fsp3) is 0. The van der Waals surface area contributed by atoms with Crippen molar-refractivity contribution in [2.45, 2.75) is 0 Å². The summed E-state index contributed by atoms with van der Waals surface area (Å²) in [5, 5.41) is 6.73. The van der Waals surface area contributed by atoms with E-state index < -0.39 is 0 Å². The maximum atomic E-state index is 6.54. The molecule has 0 amide bonds. The number of aromatic nitrogens is 3. The topological polar surface area (TPSA) is 51.8 Å². The van der Waals surface area contributed by atoms with E-state index in [0.717, 1.165) is 54.8 Å². The third kappa shape index (κ3) is 4.43. The Bertz CT molecular complexity index is 2540. The first-order valence-corrected chi connectivity index (χ1v) is 15.0. The third-order valence-electron chi connectivity index (χ3n) is 8.48. The minimum absolute atomic E-state index is 0.576. The lowest BCUT2D eigenvalue weighted by molar-refractivity contribution is 0.670. The van der Waals surface area contributed by atoms with E-state index in [2.05, 4.69) is 103 Å². The number of rotatable bonds is 4. The molecule has 9 rings (SSSR count). The fourth-order valence-corrected chi connectivity index (χ4v) is 6.20. The van der Waals surface area contributed by atoms with Gasteiger partial charge in [0.2, 0.25) is 0 Å². The lowest BCUT2D eigenvalue weighted by Gasteiger charge is -2.10. The van der Waals surface area contributed by atoms with Gasteiger partial charge in [-0.15, -0.1) is 0 Å². The Morgan fingerprint density at radius 2 is 0.933 bits per heavy atom. The highest BCUT2D eigenvalue weighted by molar-refractivity contribution is 6.13. The van der Waals surface area contributed by atoms with Gasteiger partial charge >= 0.3 is 0 Å².